The van der Waals surface area contributed by atoms with E-state index in [2.05, 4.69) is 20.9 Å². The van der Waals surface area contributed by atoms with Gasteiger partial charge in [0.1, 0.15) is 0 Å². The number of nitrogens with zero attached hydrogens (tertiary/aromatic N) is 1. The summed E-state index contributed by atoms with van der Waals surface area (Å²) in [6, 6.07) is 3.79. The van der Waals surface area contributed by atoms with Gasteiger partial charge in [0.2, 0.25) is 0 Å². The molecule has 0 bridgehead atoms. The minimum absolute atomic E-state index is 0.0999. The van der Waals surface area contributed by atoms with Crippen LogP contribution in [0.2, 0.25) is 0 Å². The molecule has 0 spiro atoms. The Bertz CT molecular complexity index is 437. The minimum atomic E-state index is -0.0999. The van der Waals surface area contributed by atoms with E-state index < -0.39 is 0 Å². The molecular formula is C11H10BrNO. The highest BCUT2D eigenvalue weighted by Crippen LogP contribution is 2.31. The Labute approximate surface area is 91.2 Å². The molecule has 0 fully saturated rings. The summed E-state index contributed by atoms with van der Waals surface area (Å²) in [6.45, 7) is 3.85. The van der Waals surface area contributed by atoms with E-state index in [1.165, 1.54) is 0 Å². The molecule has 0 saturated heterocycles. The van der Waals surface area contributed by atoms with Gasteiger partial charge in [-0.1, -0.05) is 22.9 Å². The lowest BCUT2D eigenvalue weighted by atomic mass is 9.95. The standard InChI is InChI=1S/C11H10BrNO/c1-6-3-10-8(4-9(6)12)11(14)7(2)5-13-10/h3-5,7H,1-2H3. The predicted octanol–water partition coefficient (Wildman–Crippen LogP) is 3.29. The molecule has 14 heavy (non-hydrogen) atoms. The second-order valence-electron chi connectivity index (χ2n) is 3.55. The summed E-state index contributed by atoms with van der Waals surface area (Å²) in [4.78, 5) is 16.0. The molecule has 3 heteroatoms. The van der Waals surface area contributed by atoms with Gasteiger partial charge < -0.3 is 0 Å². The monoisotopic (exact) mass is 251 g/mol. The highest BCUT2D eigenvalue weighted by molar-refractivity contribution is 9.10. The van der Waals surface area contributed by atoms with Crippen LogP contribution in [0, 0.1) is 12.8 Å². The molecule has 1 aliphatic heterocycles. The zero-order valence-electron chi connectivity index (χ0n) is 8.04. The topological polar surface area (TPSA) is 29.4 Å². The molecule has 1 aliphatic rings. The lowest BCUT2D eigenvalue weighted by Gasteiger charge is -2.14. The number of halogens is 1. The van der Waals surface area contributed by atoms with Gasteiger partial charge in [-0.2, -0.15) is 0 Å². The van der Waals surface area contributed by atoms with Crippen LogP contribution in [0.1, 0.15) is 22.8 Å². The van der Waals surface area contributed by atoms with Crippen molar-refractivity contribution in [2.45, 2.75) is 13.8 Å². The van der Waals surface area contributed by atoms with Crippen LogP contribution in [0.25, 0.3) is 0 Å². The molecule has 1 unspecified atom stereocenters. The first-order valence-corrected chi connectivity index (χ1v) is 5.27. The zero-order valence-corrected chi connectivity index (χ0v) is 9.63. The average molecular weight is 252 g/mol. The van der Waals surface area contributed by atoms with Gasteiger partial charge in [0.15, 0.2) is 5.78 Å². The Morgan fingerprint density at radius 3 is 2.86 bits per heavy atom. The Kier molecular flexibility index (Phi) is 2.27. The Balaban J connectivity index is 2.64. The molecule has 1 heterocycles. The molecular weight excluding hydrogens is 242 g/mol. The molecule has 2 rings (SSSR count). The smallest absolute Gasteiger partial charge is 0.173 e. The highest BCUT2D eigenvalue weighted by Gasteiger charge is 2.21. The van der Waals surface area contributed by atoms with Gasteiger partial charge in [0.05, 0.1) is 11.6 Å². The number of aliphatic imine (C=N–C) groups is 1. The van der Waals surface area contributed by atoms with Crippen LogP contribution in [0.3, 0.4) is 0 Å². The van der Waals surface area contributed by atoms with E-state index in [1.54, 1.807) is 6.21 Å². The fraction of sp³-hybridized carbons (Fsp3) is 0.273. The van der Waals surface area contributed by atoms with E-state index in [-0.39, 0.29) is 11.7 Å². The van der Waals surface area contributed by atoms with Crippen LogP contribution < -0.4 is 0 Å². The second kappa shape index (κ2) is 3.31. The van der Waals surface area contributed by atoms with Crippen molar-refractivity contribution >= 4 is 33.6 Å². The molecule has 0 aliphatic carbocycles. The average Bonchev–Trinajstić information content (AvgIpc) is 2.15. The first-order valence-electron chi connectivity index (χ1n) is 4.48. The molecule has 1 aromatic rings. The molecule has 1 aromatic carbocycles. The molecule has 1 atom stereocenters. The largest absolute Gasteiger partial charge is 0.293 e. The summed E-state index contributed by atoms with van der Waals surface area (Å²) in [6.07, 6.45) is 1.71. The SMILES string of the molecule is Cc1cc2c(cc1Br)C(=O)C(C)C=N2. The molecule has 2 nitrogen and oxygen atoms in total. The molecule has 0 N–H and O–H groups in total. The number of Topliss-reactive ketones (excluding diaryl/α,β-unsaturated/α-hetero) is 1. The summed E-state index contributed by atoms with van der Waals surface area (Å²) in [7, 11) is 0. The van der Waals surface area contributed by atoms with Crippen molar-refractivity contribution in [2.75, 3.05) is 0 Å². The molecule has 72 valence electrons. The third-order valence-corrected chi connectivity index (χ3v) is 3.25. The van der Waals surface area contributed by atoms with Gasteiger partial charge in [-0.3, -0.25) is 9.79 Å². The van der Waals surface area contributed by atoms with E-state index >= 15 is 0 Å². The zero-order chi connectivity index (χ0) is 10.3. The van der Waals surface area contributed by atoms with Crippen molar-refractivity contribution in [1.82, 2.24) is 0 Å². The highest BCUT2D eigenvalue weighted by atomic mass is 79.9. The second-order valence-corrected chi connectivity index (χ2v) is 4.40. The van der Waals surface area contributed by atoms with Gasteiger partial charge in [-0.15, -0.1) is 0 Å². The van der Waals surface area contributed by atoms with Gasteiger partial charge in [0, 0.05) is 16.3 Å². The number of ketones is 1. The Morgan fingerprint density at radius 1 is 1.43 bits per heavy atom. The van der Waals surface area contributed by atoms with Crippen molar-refractivity contribution in [3.05, 3.63) is 27.7 Å². The first kappa shape index (κ1) is 9.59. The number of aryl methyl sites for hydroxylation is 1. The van der Waals surface area contributed by atoms with E-state index in [0.717, 1.165) is 21.3 Å². The quantitative estimate of drug-likeness (QED) is 0.696. The lowest BCUT2D eigenvalue weighted by molar-refractivity contribution is 0.0962. The maximum absolute atomic E-state index is 11.8. The van der Waals surface area contributed by atoms with Crippen LogP contribution in [0.5, 0.6) is 0 Å². The number of benzene rings is 1. The van der Waals surface area contributed by atoms with Crippen LogP contribution >= 0.6 is 15.9 Å². The van der Waals surface area contributed by atoms with Gasteiger partial charge in [-0.25, -0.2) is 0 Å². The fourth-order valence-electron chi connectivity index (χ4n) is 1.48. The van der Waals surface area contributed by atoms with Crippen molar-refractivity contribution in [2.24, 2.45) is 10.9 Å². The van der Waals surface area contributed by atoms with E-state index in [1.807, 2.05) is 26.0 Å². The summed E-state index contributed by atoms with van der Waals surface area (Å²) in [5.41, 5.74) is 2.61. The van der Waals surface area contributed by atoms with Crippen LogP contribution in [0.15, 0.2) is 21.6 Å². The predicted molar refractivity (Wildman–Crippen MR) is 60.5 cm³/mol. The number of hydrogen-bond acceptors (Lipinski definition) is 2. The fourth-order valence-corrected chi connectivity index (χ4v) is 1.82. The van der Waals surface area contributed by atoms with E-state index in [4.69, 9.17) is 0 Å². The first-order chi connectivity index (χ1) is 6.59. The normalized spacial score (nSPS) is 19.6. The van der Waals surface area contributed by atoms with Gasteiger partial charge >= 0.3 is 0 Å². The Hall–Kier alpha value is -0.960. The number of hydrogen-bond donors (Lipinski definition) is 0. The van der Waals surface area contributed by atoms with Crippen molar-refractivity contribution in [1.29, 1.82) is 0 Å². The van der Waals surface area contributed by atoms with Crippen molar-refractivity contribution in [3.8, 4) is 0 Å². The maximum Gasteiger partial charge on any atom is 0.173 e. The van der Waals surface area contributed by atoms with E-state index in [0.29, 0.717) is 0 Å². The van der Waals surface area contributed by atoms with Crippen molar-refractivity contribution < 1.29 is 4.79 Å². The number of carbonyl (C=O) groups is 1. The van der Waals surface area contributed by atoms with Gasteiger partial charge in [-0.05, 0) is 24.6 Å². The third-order valence-electron chi connectivity index (χ3n) is 2.39. The summed E-state index contributed by atoms with van der Waals surface area (Å²) in [5.74, 6) is 0.0489. The van der Waals surface area contributed by atoms with Crippen LogP contribution in [-0.4, -0.2) is 12.0 Å². The number of rotatable bonds is 0. The van der Waals surface area contributed by atoms with Crippen LogP contribution in [0.4, 0.5) is 5.69 Å². The Morgan fingerprint density at radius 2 is 2.14 bits per heavy atom. The third kappa shape index (κ3) is 1.42. The summed E-state index contributed by atoms with van der Waals surface area (Å²) in [5, 5.41) is 0. The molecule has 0 aromatic heterocycles. The van der Waals surface area contributed by atoms with Gasteiger partial charge in [0.25, 0.3) is 0 Å². The summed E-state index contributed by atoms with van der Waals surface area (Å²) < 4.78 is 0.967. The maximum atomic E-state index is 11.8. The van der Waals surface area contributed by atoms with Crippen LogP contribution in [-0.2, 0) is 0 Å². The molecule has 0 radical (unpaired) electrons. The summed E-state index contributed by atoms with van der Waals surface area (Å²) >= 11 is 3.42. The minimum Gasteiger partial charge on any atom is -0.293 e. The molecule has 0 amide bonds. The number of fused-ring (bicyclic) bond motifs is 1. The number of carbonyl (C=O) groups excluding carboxylic acids is 1. The van der Waals surface area contributed by atoms with Crippen molar-refractivity contribution in [3.63, 3.8) is 0 Å². The molecule has 0 saturated carbocycles. The lowest BCUT2D eigenvalue weighted by Crippen LogP contribution is -2.16. The van der Waals surface area contributed by atoms with E-state index in [9.17, 15) is 4.79 Å².